The molecule has 2 N–H and O–H groups in total. The van der Waals surface area contributed by atoms with E-state index in [1.807, 2.05) is 13.0 Å². The van der Waals surface area contributed by atoms with Crippen molar-refractivity contribution in [3.8, 4) is 11.5 Å². The number of ether oxygens (including phenoxy) is 2. The number of nitrogens with one attached hydrogen (secondary N) is 2. The van der Waals surface area contributed by atoms with Gasteiger partial charge in [0.25, 0.3) is 0 Å². The summed E-state index contributed by atoms with van der Waals surface area (Å²) in [5.41, 5.74) is 1.67. The molecule has 0 aliphatic rings. The van der Waals surface area contributed by atoms with Gasteiger partial charge in [0.15, 0.2) is 0 Å². The van der Waals surface area contributed by atoms with E-state index in [1.54, 1.807) is 44.1 Å². The first-order valence-corrected chi connectivity index (χ1v) is 6.80. The van der Waals surface area contributed by atoms with Crippen LogP contribution in [0.5, 0.6) is 11.5 Å². The number of amides is 2. The summed E-state index contributed by atoms with van der Waals surface area (Å²) in [6.07, 6.45) is 0. The van der Waals surface area contributed by atoms with Crippen LogP contribution in [0.25, 0.3) is 0 Å². The normalized spacial score (nSPS) is 10.2. The standard InChI is InChI=1S/C15H20N4O3/c1-10-7-14(19(2)18-10)17-15(20)16-9-11-8-12(21-3)5-6-13(11)22-4/h5-8H,9H2,1-4H3,(H2,16,17,20). The van der Waals surface area contributed by atoms with Crippen molar-refractivity contribution >= 4 is 11.8 Å². The van der Waals surface area contributed by atoms with E-state index in [2.05, 4.69) is 15.7 Å². The van der Waals surface area contributed by atoms with Crippen LogP contribution in [0.1, 0.15) is 11.3 Å². The summed E-state index contributed by atoms with van der Waals surface area (Å²) in [5.74, 6) is 2.03. The summed E-state index contributed by atoms with van der Waals surface area (Å²) in [6.45, 7) is 2.19. The van der Waals surface area contributed by atoms with Crippen LogP contribution in [-0.2, 0) is 13.6 Å². The number of urea groups is 1. The van der Waals surface area contributed by atoms with Gasteiger partial charge in [-0.3, -0.25) is 10.00 Å². The van der Waals surface area contributed by atoms with Crippen LogP contribution in [0, 0.1) is 6.92 Å². The van der Waals surface area contributed by atoms with E-state index in [1.165, 1.54) is 0 Å². The number of rotatable bonds is 5. The molecule has 118 valence electrons. The van der Waals surface area contributed by atoms with Gasteiger partial charge >= 0.3 is 6.03 Å². The summed E-state index contributed by atoms with van der Waals surface area (Å²) >= 11 is 0. The van der Waals surface area contributed by atoms with Crippen molar-refractivity contribution in [2.45, 2.75) is 13.5 Å². The van der Waals surface area contributed by atoms with E-state index in [9.17, 15) is 4.79 Å². The van der Waals surface area contributed by atoms with Gasteiger partial charge in [-0.1, -0.05) is 0 Å². The molecule has 1 aromatic carbocycles. The number of carbonyl (C=O) groups is 1. The van der Waals surface area contributed by atoms with E-state index in [0.29, 0.717) is 23.9 Å². The average molecular weight is 304 g/mol. The lowest BCUT2D eigenvalue weighted by Gasteiger charge is -2.12. The number of benzene rings is 1. The Balaban J connectivity index is 2.00. The summed E-state index contributed by atoms with van der Waals surface area (Å²) < 4.78 is 12.1. The van der Waals surface area contributed by atoms with Crippen molar-refractivity contribution in [1.29, 1.82) is 0 Å². The first-order chi connectivity index (χ1) is 10.5. The fourth-order valence-electron chi connectivity index (χ4n) is 2.08. The van der Waals surface area contributed by atoms with Crippen molar-refractivity contribution < 1.29 is 14.3 Å². The summed E-state index contributed by atoms with van der Waals surface area (Å²) in [6, 6.07) is 6.92. The van der Waals surface area contributed by atoms with Gasteiger partial charge in [-0.15, -0.1) is 0 Å². The summed E-state index contributed by atoms with van der Waals surface area (Å²) in [5, 5.41) is 9.70. The second-order valence-electron chi connectivity index (χ2n) is 4.78. The maximum Gasteiger partial charge on any atom is 0.320 e. The molecular weight excluding hydrogens is 284 g/mol. The third kappa shape index (κ3) is 3.69. The molecule has 7 nitrogen and oxygen atoms in total. The predicted molar refractivity (Wildman–Crippen MR) is 83.3 cm³/mol. The molecule has 0 unspecified atom stereocenters. The average Bonchev–Trinajstić information content (AvgIpc) is 2.82. The molecule has 0 saturated heterocycles. The Labute approximate surface area is 129 Å². The van der Waals surface area contributed by atoms with E-state index in [4.69, 9.17) is 9.47 Å². The first-order valence-electron chi connectivity index (χ1n) is 6.80. The smallest absolute Gasteiger partial charge is 0.320 e. The molecule has 0 spiro atoms. The van der Waals surface area contributed by atoms with Crippen molar-refractivity contribution in [2.75, 3.05) is 19.5 Å². The van der Waals surface area contributed by atoms with E-state index in [-0.39, 0.29) is 6.03 Å². The second kappa shape index (κ2) is 6.84. The third-order valence-electron chi connectivity index (χ3n) is 3.17. The number of nitrogens with zero attached hydrogens (tertiary/aromatic N) is 2. The molecule has 22 heavy (non-hydrogen) atoms. The zero-order valence-corrected chi connectivity index (χ0v) is 13.1. The molecule has 0 aliphatic heterocycles. The molecule has 0 bridgehead atoms. The van der Waals surface area contributed by atoms with Crippen LogP contribution in [0.2, 0.25) is 0 Å². The molecule has 0 fully saturated rings. The van der Waals surface area contributed by atoms with E-state index < -0.39 is 0 Å². The van der Waals surface area contributed by atoms with Crippen LogP contribution >= 0.6 is 0 Å². The molecule has 0 saturated carbocycles. The fourth-order valence-corrected chi connectivity index (χ4v) is 2.08. The molecule has 2 aromatic rings. The van der Waals surface area contributed by atoms with Crippen LogP contribution in [0.15, 0.2) is 24.3 Å². The van der Waals surface area contributed by atoms with Crippen molar-refractivity contribution in [3.05, 3.63) is 35.5 Å². The largest absolute Gasteiger partial charge is 0.497 e. The number of aryl methyl sites for hydroxylation is 2. The van der Waals surface area contributed by atoms with Gasteiger partial charge in [-0.25, -0.2) is 4.79 Å². The van der Waals surface area contributed by atoms with Gasteiger partial charge in [0, 0.05) is 25.2 Å². The SMILES string of the molecule is COc1ccc(OC)c(CNC(=O)Nc2cc(C)nn2C)c1. The highest BCUT2D eigenvalue weighted by atomic mass is 16.5. The number of carbonyl (C=O) groups excluding carboxylic acids is 1. The molecule has 0 radical (unpaired) electrons. The predicted octanol–water partition coefficient (Wildman–Crippen LogP) is 2.07. The molecule has 1 aromatic heterocycles. The van der Waals surface area contributed by atoms with Crippen LogP contribution in [0.3, 0.4) is 0 Å². The molecule has 0 atom stereocenters. The molecule has 2 rings (SSSR count). The van der Waals surface area contributed by atoms with Crippen molar-refractivity contribution in [1.82, 2.24) is 15.1 Å². The Morgan fingerprint density at radius 2 is 2.05 bits per heavy atom. The number of aromatic nitrogens is 2. The molecule has 7 heteroatoms. The zero-order chi connectivity index (χ0) is 16.1. The minimum atomic E-state index is -0.312. The van der Waals surface area contributed by atoms with Gasteiger partial charge < -0.3 is 14.8 Å². The highest BCUT2D eigenvalue weighted by Gasteiger charge is 2.09. The van der Waals surface area contributed by atoms with Gasteiger partial charge in [0.1, 0.15) is 17.3 Å². The number of hydrogen-bond donors (Lipinski definition) is 2. The van der Waals surface area contributed by atoms with Gasteiger partial charge in [0.2, 0.25) is 0 Å². The maximum atomic E-state index is 12.0. The molecule has 1 heterocycles. The molecule has 2 amide bonds. The number of hydrogen-bond acceptors (Lipinski definition) is 4. The minimum absolute atomic E-state index is 0.312. The van der Waals surface area contributed by atoms with Crippen LogP contribution in [-0.4, -0.2) is 30.0 Å². The Morgan fingerprint density at radius 1 is 1.27 bits per heavy atom. The van der Waals surface area contributed by atoms with Crippen molar-refractivity contribution in [2.24, 2.45) is 7.05 Å². The Kier molecular flexibility index (Phi) is 4.88. The van der Waals surface area contributed by atoms with Crippen LogP contribution < -0.4 is 20.1 Å². The summed E-state index contributed by atoms with van der Waals surface area (Å²) in [7, 11) is 4.95. The summed E-state index contributed by atoms with van der Waals surface area (Å²) in [4.78, 5) is 12.0. The second-order valence-corrected chi connectivity index (χ2v) is 4.78. The monoisotopic (exact) mass is 304 g/mol. The van der Waals surface area contributed by atoms with E-state index in [0.717, 1.165) is 11.3 Å². The topological polar surface area (TPSA) is 77.4 Å². The quantitative estimate of drug-likeness (QED) is 0.886. The van der Waals surface area contributed by atoms with Gasteiger partial charge in [-0.05, 0) is 25.1 Å². The fraction of sp³-hybridized carbons (Fsp3) is 0.333. The Morgan fingerprint density at radius 3 is 2.64 bits per heavy atom. The Bertz CT molecular complexity index is 667. The molecular formula is C15H20N4O3. The highest BCUT2D eigenvalue weighted by molar-refractivity contribution is 5.88. The van der Waals surface area contributed by atoms with E-state index >= 15 is 0 Å². The number of anilines is 1. The van der Waals surface area contributed by atoms with Crippen molar-refractivity contribution in [3.63, 3.8) is 0 Å². The van der Waals surface area contributed by atoms with Crippen LogP contribution in [0.4, 0.5) is 10.6 Å². The zero-order valence-electron chi connectivity index (χ0n) is 13.1. The van der Waals surface area contributed by atoms with Gasteiger partial charge in [0.05, 0.1) is 19.9 Å². The van der Waals surface area contributed by atoms with Gasteiger partial charge in [-0.2, -0.15) is 5.10 Å². The lowest BCUT2D eigenvalue weighted by atomic mass is 10.2. The highest BCUT2D eigenvalue weighted by Crippen LogP contribution is 2.23. The minimum Gasteiger partial charge on any atom is -0.497 e. The maximum absolute atomic E-state index is 12.0. The third-order valence-corrected chi connectivity index (χ3v) is 3.17. The lowest BCUT2D eigenvalue weighted by molar-refractivity contribution is 0.251. The lowest BCUT2D eigenvalue weighted by Crippen LogP contribution is -2.29. The number of methoxy groups -OCH3 is 2. The Hall–Kier alpha value is -2.70. The molecule has 0 aliphatic carbocycles. The first kappa shape index (κ1) is 15.7.